The lowest BCUT2D eigenvalue weighted by molar-refractivity contribution is -0.384. The molecular formula is C14H10Br2ClNO2. The molecule has 0 radical (unpaired) electrons. The lowest BCUT2D eigenvalue weighted by Gasteiger charge is -2.11. The van der Waals surface area contributed by atoms with Crippen molar-refractivity contribution in [1.82, 2.24) is 0 Å². The van der Waals surface area contributed by atoms with Crippen molar-refractivity contribution in [3.05, 3.63) is 73.2 Å². The number of non-ortho nitro benzene ring substituents is 1. The van der Waals surface area contributed by atoms with Crippen LogP contribution in [0.15, 0.2) is 46.9 Å². The minimum Gasteiger partial charge on any atom is -0.258 e. The van der Waals surface area contributed by atoms with Crippen LogP contribution >= 0.6 is 43.5 Å². The van der Waals surface area contributed by atoms with Crippen LogP contribution in [0, 0.1) is 10.1 Å². The maximum Gasteiger partial charge on any atom is 0.269 e. The van der Waals surface area contributed by atoms with Crippen molar-refractivity contribution in [3.63, 3.8) is 0 Å². The molecule has 0 aliphatic heterocycles. The van der Waals surface area contributed by atoms with Crippen LogP contribution in [0.2, 0.25) is 5.02 Å². The van der Waals surface area contributed by atoms with Crippen LogP contribution in [0.3, 0.4) is 0 Å². The van der Waals surface area contributed by atoms with Crippen molar-refractivity contribution in [1.29, 1.82) is 0 Å². The zero-order valence-corrected chi connectivity index (χ0v) is 14.2. The predicted octanol–water partition coefficient (Wildman–Crippen LogP) is 5.69. The van der Waals surface area contributed by atoms with E-state index in [1.165, 1.54) is 12.1 Å². The van der Waals surface area contributed by atoms with Crippen molar-refractivity contribution in [2.24, 2.45) is 0 Å². The molecule has 2 aromatic carbocycles. The number of hydrogen-bond donors (Lipinski definition) is 0. The van der Waals surface area contributed by atoms with Gasteiger partial charge in [0.15, 0.2) is 0 Å². The fraction of sp³-hybridized carbons (Fsp3) is 0.143. The molecule has 0 aromatic heterocycles. The van der Waals surface area contributed by atoms with E-state index < -0.39 is 4.92 Å². The maximum absolute atomic E-state index is 10.6. The van der Waals surface area contributed by atoms with Gasteiger partial charge in [-0.1, -0.05) is 55.6 Å². The SMILES string of the molecule is O=[N+]([O-])c1ccc(CC(Br)c2cc(Cl)cc(Br)c2)cc1. The van der Waals surface area contributed by atoms with E-state index in [9.17, 15) is 10.1 Å². The van der Waals surface area contributed by atoms with Gasteiger partial charge in [-0.05, 0) is 35.7 Å². The van der Waals surface area contributed by atoms with Gasteiger partial charge in [0.25, 0.3) is 5.69 Å². The number of nitrogens with zero attached hydrogens (tertiary/aromatic N) is 1. The van der Waals surface area contributed by atoms with Crippen LogP contribution in [0.5, 0.6) is 0 Å². The second-order valence-corrected chi connectivity index (χ2v) is 6.76. The first-order chi connectivity index (χ1) is 9.45. The van der Waals surface area contributed by atoms with Gasteiger partial charge < -0.3 is 0 Å². The summed E-state index contributed by atoms with van der Waals surface area (Å²) in [4.78, 5) is 10.3. The normalized spacial score (nSPS) is 12.2. The van der Waals surface area contributed by atoms with Crippen LogP contribution in [0.1, 0.15) is 16.0 Å². The Balaban J connectivity index is 2.14. The summed E-state index contributed by atoms with van der Waals surface area (Å²) in [6.07, 6.45) is 0.727. The lowest BCUT2D eigenvalue weighted by Crippen LogP contribution is -1.96. The summed E-state index contributed by atoms with van der Waals surface area (Å²) in [5.74, 6) is 0. The predicted molar refractivity (Wildman–Crippen MR) is 87.6 cm³/mol. The van der Waals surface area contributed by atoms with Gasteiger partial charge in [-0.3, -0.25) is 10.1 Å². The quantitative estimate of drug-likeness (QED) is 0.363. The first kappa shape index (κ1) is 15.5. The highest BCUT2D eigenvalue weighted by molar-refractivity contribution is 9.10. The van der Waals surface area contributed by atoms with E-state index in [-0.39, 0.29) is 10.5 Å². The molecule has 0 heterocycles. The Morgan fingerprint density at radius 1 is 1.20 bits per heavy atom. The van der Waals surface area contributed by atoms with Gasteiger partial charge in [-0.2, -0.15) is 0 Å². The van der Waals surface area contributed by atoms with Crippen LogP contribution in [0.4, 0.5) is 5.69 Å². The van der Waals surface area contributed by atoms with Crippen LogP contribution in [0.25, 0.3) is 0 Å². The molecule has 0 fully saturated rings. The average Bonchev–Trinajstić information content (AvgIpc) is 2.38. The highest BCUT2D eigenvalue weighted by Gasteiger charge is 2.11. The van der Waals surface area contributed by atoms with E-state index >= 15 is 0 Å². The Kier molecular flexibility index (Phi) is 5.18. The molecule has 3 nitrogen and oxygen atoms in total. The third kappa shape index (κ3) is 4.04. The molecule has 0 saturated heterocycles. The summed E-state index contributed by atoms with van der Waals surface area (Å²) < 4.78 is 0.924. The number of nitro groups is 1. The molecule has 0 spiro atoms. The van der Waals surface area contributed by atoms with Gasteiger partial charge in [0.2, 0.25) is 0 Å². The summed E-state index contributed by atoms with van der Waals surface area (Å²) in [6, 6.07) is 12.3. The summed E-state index contributed by atoms with van der Waals surface area (Å²) in [5.41, 5.74) is 2.18. The summed E-state index contributed by atoms with van der Waals surface area (Å²) in [6.45, 7) is 0. The van der Waals surface area contributed by atoms with Crippen molar-refractivity contribution in [2.75, 3.05) is 0 Å². The number of hydrogen-bond acceptors (Lipinski definition) is 2. The maximum atomic E-state index is 10.6. The lowest BCUT2D eigenvalue weighted by atomic mass is 10.0. The monoisotopic (exact) mass is 417 g/mol. The molecule has 1 atom stereocenters. The molecule has 2 rings (SSSR count). The Labute approximate surface area is 138 Å². The second-order valence-electron chi connectivity index (χ2n) is 4.30. The topological polar surface area (TPSA) is 43.1 Å². The van der Waals surface area contributed by atoms with Gasteiger partial charge in [0, 0.05) is 26.5 Å². The van der Waals surface area contributed by atoms with Crippen molar-refractivity contribution >= 4 is 49.1 Å². The number of halogens is 3. The Morgan fingerprint density at radius 2 is 1.85 bits per heavy atom. The van der Waals surface area contributed by atoms with E-state index in [4.69, 9.17) is 11.6 Å². The molecule has 20 heavy (non-hydrogen) atoms. The number of rotatable bonds is 4. The highest BCUT2D eigenvalue weighted by atomic mass is 79.9. The first-order valence-electron chi connectivity index (χ1n) is 5.79. The van der Waals surface area contributed by atoms with E-state index in [2.05, 4.69) is 31.9 Å². The molecule has 2 aromatic rings. The van der Waals surface area contributed by atoms with Gasteiger partial charge >= 0.3 is 0 Å². The van der Waals surface area contributed by atoms with E-state index in [1.807, 2.05) is 18.2 Å². The summed E-state index contributed by atoms with van der Waals surface area (Å²) in [5, 5.41) is 11.3. The van der Waals surface area contributed by atoms with Crippen molar-refractivity contribution in [2.45, 2.75) is 11.2 Å². The van der Waals surface area contributed by atoms with Gasteiger partial charge in [-0.15, -0.1) is 0 Å². The molecule has 0 N–H and O–H groups in total. The number of nitro benzene ring substituents is 1. The Hall–Kier alpha value is -0.910. The van der Waals surface area contributed by atoms with Gasteiger partial charge in [0.1, 0.15) is 0 Å². The zero-order chi connectivity index (χ0) is 14.7. The van der Waals surface area contributed by atoms with Gasteiger partial charge in [0.05, 0.1) is 4.92 Å². The third-order valence-corrected chi connectivity index (χ3v) is 4.34. The van der Waals surface area contributed by atoms with Crippen LogP contribution in [-0.2, 0) is 6.42 Å². The molecule has 0 amide bonds. The number of alkyl halides is 1. The highest BCUT2D eigenvalue weighted by Crippen LogP contribution is 2.31. The summed E-state index contributed by atoms with van der Waals surface area (Å²) >= 11 is 13.1. The molecule has 0 bridgehead atoms. The smallest absolute Gasteiger partial charge is 0.258 e. The van der Waals surface area contributed by atoms with Crippen LogP contribution in [-0.4, -0.2) is 4.92 Å². The van der Waals surface area contributed by atoms with E-state index in [1.54, 1.807) is 12.1 Å². The van der Waals surface area contributed by atoms with Crippen molar-refractivity contribution in [3.8, 4) is 0 Å². The molecule has 0 aliphatic carbocycles. The zero-order valence-electron chi connectivity index (χ0n) is 10.2. The standard InChI is InChI=1S/C14H10Br2ClNO2/c15-11-6-10(7-12(17)8-11)14(16)5-9-1-3-13(4-2-9)18(19)20/h1-4,6-8,14H,5H2. The summed E-state index contributed by atoms with van der Waals surface area (Å²) in [7, 11) is 0. The van der Waals surface area contributed by atoms with Gasteiger partial charge in [-0.25, -0.2) is 0 Å². The minimum absolute atomic E-state index is 0.0963. The minimum atomic E-state index is -0.399. The molecule has 1 unspecified atom stereocenters. The Bertz CT molecular complexity index is 611. The number of benzene rings is 2. The largest absolute Gasteiger partial charge is 0.269 e. The van der Waals surface area contributed by atoms with Crippen molar-refractivity contribution < 1.29 is 4.92 Å². The molecule has 0 saturated carbocycles. The molecule has 0 aliphatic rings. The van der Waals surface area contributed by atoms with E-state index in [0.717, 1.165) is 22.0 Å². The Morgan fingerprint density at radius 3 is 2.40 bits per heavy atom. The van der Waals surface area contributed by atoms with Crippen LogP contribution < -0.4 is 0 Å². The molecule has 104 valence electrons. The third-order valence-electron chi connectivity index (χ3n) is 2.81. The van der Waals surface area contributed by atoms with E-state index in [0.29, 0.717) is 5.02 Å². The first-order valence-corrected chi connectivity index (χ1v) is 7.88. The average molecular weight is 420 g/mol. The molecular weight excluding hydrogens is 409 g/mol. The second kappa shape index (κ2) is 6.70. The fourth-order valence-corrected chi connectivity index (χ4v) is 3.36. The molecule has 6 heteroatoms. The fourth-order valence-electron chi connectivity index (χ4n) is 1.83.